The lowest BCUT2D eigenvalue weighted by atomic mass is 9.87. The third-order valence-electron chi connectivity index (χ3n) is 7.92. The average Bonchev–Trinajstić information content (AvgIpc) is 3.56. The minimum atomic E-state index is -1.16. The van der Waals surface area contributed by atoms with Crippen molar-refractivity contribution >= 4 is 23.3 Å². The molecule has 0 unspecified atom stereocenters. The van der Waals surface area contributed by atoms with Crippen LogP contribution < -0.4 is 20.3 Å². The Morgan fingerprint density at radius 1 is 1.15 bits per heavy atom. The topological polar surface area (TPSA) is 145 Å². The highest BCUT2D eigenvalue weighted by molar-refractivity contribution is 5.90. The van der Waals surface area contributed by atoms with E-state index in [2.05, 4.69) is 26.7 Å². The Labute approximate surface area is 226 Å². The average molecular weight is 532 g/mol. The summed E-state index contributed by atoms with van der Waals surface area (Å²) in [5.41, 5.74) is 1.40. The summed E-state index contributed by atoms with van der Waals surface area (Å²) in [5.74, 6) is 1.27. The number of hydrogen-bond donors (Lipinski definition) is 3. The van der Waals surface area contributed by atoms with Crippen molar-refractivity contribution in [3.8, 4) is 22.9 Å². The molecule has 0 atom stereocenters. The number of nitrogens with one attached hydrogen (secondary N) is 2. The molecule has 3 N–H and O–H groups in total. The first kappa shape index (κ1) is 26.3. The summed E-state index contributed by atoms with van der Waals surface area (Å²) in [7, 11) is 0. The molecule has 204 valence electrons. The quantitative estimate of drug-likeness (QED) is 0.418. The minimum absolute atomic E-state index is 0.224. The summed E-state index contributed by atoms with van der Waals surface area (Å²) in [6, 6.07) is 8.07. The molecule has 0 bridgehead atoms. The number of carboxylic acid groups (broad SMARTS) is 1. The van der Waals surface area contributed by atoms with Gasteiger partial charge in [-0.1, -0.05) is 12.8 Å². The lowest BCUT2D eigenvalue weighted by molar-refractivity contribution is -0.129. The van der Waals surface area contributed by atoms with Gasteiger partial charge in [-0.2, -0.15) is 10.4 Å². The predicted octanol–water partition coefficient (Wildman–Crippen LogP) is 3.72. The Bertz CT molecular complexity index is 1410. The second kappa shape index (κ2) is 10.4. The van der Waals surface area contributed by atoms with E-state index in [-0.39, 0.29) is 5.91 Å². The van der Waals surface area contributed by atoms with E-state index in [1.807, 2.05) is 32.0 Å². The van der Waals surface area contributed by atoms with E-state index in [1.165, 1.54) is 0 Å². The van der Waals surface area contributed by atoms with Crippen molar-refractivity contribution < 1.29 is 19.4 Å². The zero-order chi connectivity index (χ0) is 27.6. The van der Waals surface area contributed by atoms with Crippen LogP contribution in [0.5, 0.6) is 5.75 Å². The molecule has 0 spiro atoms. The van der Waals surface area contributed by atoms with Crippen molar-refractivity contribution in [1.29, 1.82) is 5.26 Å². The molecule has 4 heterocycles. The van der Waals surface area contributed by atoms with Crippen LogP contribution in [0.2, 0.25) is 0 Å². The Hall–Kier alpha value is -4.33. The van der Waals surface area contributed by atoms with Crippen molar-refractivity contribution in [3.63, 3.8) is 0 Å². The second-order valence-corrected chi connectivity index (χ2v) is 10.6. The summed E-state index contributed by atoms with van der Waals surface area (Å²) in [6.07, 6.45) is 8.09. The number of carbonyl (C=O) groups is 2. The highest BCUT2D eigenvalue weighted by Gasteiger charge is 2.45. The molecule has 11 heteroatoms. The van der Waals surface area contributed by atoms with Crippen molar-refractivity contribution in [2.45, 2.75) is 63.5 Å². The first-order chi connectivity index (χ1) is 18.8. The van der Waals surface area contributed by atoms with Gasteiger partial charge in [-0.15, -0.1) is 0 Å². The monoisotopic (exact) mass is 531 g/mol. The molecule has 5 rings (SSSR count). The number of hydrogen-bond acceptors (Lipinski definition) is 7. The molecule has 1 aliphatic heterocycles. The van der Waals surface area contributed by atoms with Crippen LogP contribution in [0.4, 0.5) is 10.6 Å². The maximum atomic E-state index is 13.2. The number of fused-ring (bicyclic) bond motifs is 1. The van der Waals surface area contributed by atoms with Crippen LogP contribution in [0.3, 0.4) is 0 Å². The van der Waals surface area contributed by atoms with Gasteiger partial charge in [-0.3, -0.25) is 4.79 Å². The van der Waals surface area contributed by atoms with Crippen LogP contribution in [-0.4, -0.2) is 62.5 Å². The van der Waals surface area contributed by atoms with E-state index < -0.39 is 17.2 Å². The molecule has 1 saturated carbocycles. The first-order valence-corrected chi connectivity index (χ1v) is 13.4. The Balaban J connectivity index is 1.29. The van der Waals surface area contributed by atoms with Gasteiger partial charge in [0.15, 0.2) is 0 Å². The van der Waals surface area contributed by atoms with Gasteiger partial charge in [0.25, 0.3) is 0 Å². The van der Waals surface area contributed by atoms with E-state index in [0.717, 1.165) is 29.8 Å². The molecule has 1 saturated heterocycles. The zero-order valence-corrected chi connectivity index (χ0v) is 22.2. The molecule has 39 heavy (non-hydrogen) atoms. The number of anilines is 1. The number of piperidine rings is 1. The van der Waals surface area contributed by atoms with E-state index in [0.29, 0.717) is 62.2 Å². The smallest absolute Gasteiger partial charge is 0.405 e. The van der Waals surface area contributed by atoms with E-state index in [1.54, 1.807) is 23.1 Å². The molecule has 3 aromatic rings. The molecule has 3 aromatic heterocycles. The molecule has 2 fully saturated rings. The first-order valence-electron chi connectivity index (χ1n) is 13.4. The lowest BCUT2D eigenvalue weighted by Gasteiger charge is -2.42. The summed E-state index contributed by atoms with van der Waals surface area (Å²) in [4.78, 5) is 31.4. The minimum Gasteiger partial charge on any atom is -0.492 e. The van der Waals surface area contributed by atoms with E-state index in [9.17, 15) is 20.0 Å². The number of nitriles is 1. The molecule has 1 aliphatic carbocycles. The van der Waals surface area contributed by atoms with Gasteiger partial charge < -0.3 is 25.4 Å². The number of carbonyl (C=O) groups excluding carboxylic acids is 1. The third-order valence-corrected chi connectivity index (χ3v) is 7.92. The Kier molecular flexibility index (Phi) is 7.04. The lowest BCUT2D eigenvalue weighted by Crippen LogP contribution is -2.63. The van der Waals surface area contributed by atoms with Gasteiger partial charge in [0.05, 0.1) is 30.1 Å². The highest BCUT2D eigenvalue weighted by Crippen LogP contribution is 2.34. The van der Waals surface area contributed by atoms with Gasteiger partial charge in [-0.25, -0.2) is 14.3 Å². The fourth-order valence-electron chi connectivity index (χ4n) is 5.72. The predicted molar refractivity (Wildman–Crippen MR) is 145 cm³/mol. The molecular formula is C28H33N7O4. The number of amides is 2. The number of ether oxygens (including phenoxy) is 1. The van der Waals surface area contributed by atoms with Gasteiger partial charge in [0, 0.05) is 36.0 Å². The van der Waals surface area contributed by atoms with Crippen LogP contribution >= 0.6 is 0 Å². The van der Waals surface area contributed by atoms with Gasteiger partial charge in [0.1, 0.15) is 23.2 Å². The molecule has 0 radical (unpaired) electrons. The standard InChI is InChI=1S/C28H33N7O4/c1-3-39-21-14-22(24-20(15-29)17-31-35(24)18-21)19-6-7-23(30-16-19)34-12-10-27(2,11-13-34)32-25(36)28(33-26(37)38)8-4-5-9-28/h6-7,14,16-18,33H,3-5,8-13H2,1-2H3,(H,32,36)(H,37,38). The third kappa shape index (κ3) is 5.19. The number of aromatic nitrogens is 3. The molecule has 2 aliphatic rings. The van der Waals surface area contributed by atoms with Gasteiger partial charge in [-0.05, 0) is 57.7 Å². The maximum Gasteiger partial charge on any atom is 0.405 e. The van der Waals surface area contributed by atoms with E-state index in [4.69, 9.17) is 9.72 Å². The Morgan fingerprint density at radius 3 is 2.51 bits per heavy atom. The number of pyridine rings is 2. The summed E-state index contributed by atoms with van der Waals surface area (Å²) in [5, 5.41) is 28.8. The largest absolute Gasteiger partial charge is 0.492 e. The van der Waals surface area contributed by atoms with Crippen LogP contribution in [0.1, 0.15) is 57.9 Å². The van der Waals surface area contributed by atoms with Crippen molar-refractivity contribution in [1.82, 2.24) is 25.2 Å². The van der Waals surface area contributed by atoms with Crippen molar-refractivity contribution in [2.24, 2.45) is 0 Å². The highest BCUT2D eigenvalue weighted by atomic mass is 16.5. The molecule has 2 amide bonds. The van der Waals surface area contributed by atoms with Crippen LogP contribution in [0.15, 0.2) is 36.8 Å². The van der Waals surface area contributed by atoms with E-state index >= 15 is 0 Å². The van der Waals surface area contributed by atoms with Crippen molar-refractivity contribution in [3.05, 3.63) is 42.4 Å². The fourth-order valence-corrected chi connectivity index (χ4v) is 5.72. The second-order valence-electron chi connectivity index (χ2n) is 10.6. The van der Waals surface area contributed by atoms with Crippen molar-refractivity contribution in [2.75, 3.05) is 24.6 Å². The molecular weight excluding hydrogens is 498 g/mol. The zero-order valence-electron chi connectivity index (χ0n) is 22.2. The van der Waals surface area contributed by atoms with Gasteiger partial charge >= 0.3 is 6.09 Å². The van der Waals surface area contributed by atoms with Crippen LogP contribution in [-0.2, 0) is 4.79 Å². The summed E-state index contributed by atoms with van der Waals surface area (Å²) in [6.45, 7) is 5.86. The van der Waals surface area contributed by atoms with Crippen LogP contribution in [0.25, 0.3) is 16.6 Å². The summed E-state index contributed by atoms with van der Waals surface area (Å²) < 4.78 is 7.37. The van der Waals surface area contributed by atoms with Gasteiger partial charge in [0.2, 0.25) is 5.91 Å². The molecule has 11 nitrogen and oxygen atoms in total. The summed E-state index contributed by atoms with van der Waals surface area (Å²) >= 11 is 0. The Morgan fingerprint density at radius 2 is 1.90 bits per heavy atom. The normalized spacial score (nSPS) is 17.9. The number of nitrogens with zero attached hydrogens (tertiary/aromatic N) is 5. The molecule has 0 aromatic carbocycles. The maximum absolute atomic E-state index is 13.2. The number of rotatable bonds is 7. The van der Waals surface area contributed by atoms with Crippen LogP contribution in [0, 0.1) is 11.3 Å². The SMILES string of the molecule is CCOc1cc(-c2ccc(N3CCC(C)(NC(=O)C4(NC(=O)O)CCCC4)CC3)nc2)c2c(C#N)cnn2c1. The fraction of sp³-hybridized carbons (Fsp3) is 0.464.